The number of benzene rings is 2. The van der Waals surface area contributed by atoms with Gasteiger partial charge in [0.15, 0.2) is 34.8 Å². The topological polar surface area (TPSA) is 55.8 Å². The van der Waals surface area contributed by atoms with Crippen molar-refractivity contribution in [2.75, 3.05) is 18.6 Å². The third-order valence-electron chi connectivity index (χ3n) is 4.13. The van der Waals surface area contributed by atoms with E-state index in [1.165, 1.54) is 0 Å². The molecule has 2 aromatic carbocycles. The van der Waals surface area contributed by atoms with Gasteiger partial charge in [-0.25, -0.2) is 30.7 Å². The molecule has 14 heteroatoms. The van der Waals surface area contributed by atoms with E-state index in [0.717, 1.165) is 7.11 Å². The Morgan fingerprint density at radius 3 is 1.97 bits per heavy atom. The number of methoxy groups -OCH3 is 1. The van der Waals surface area contributed by atoms with E-state index < -0.39 is 87.8 Å². The second-order valence-electron chi connectivity index (χ2n) is 5.93. The molecule has 1 aliphatic heterocycles. The molecule has 1 amide bonds. The molecule has 1 heterocycles. The first-order valence-corrected chi connectivity index (χ1v) is 7.82. The minimum atomic E-state index is -4.72. The van der Waals surface area contributed by atoms with Gasteiger partial charge < -0.3 is 9.47 Å². The highest BCUT2D eigenvalue weighted by Gasteiger charge is 2.53. The van der Waals surface area contributed by atoms with Gasteiger partial charge in [-0.1, -0.05) is 0 Å². The fraction of sp³-hybridized carbons (Fsp3) is 0.176. The number of nitrogens with zero attached hydrogens (tertiary/aromatic N) is 1. The predicted octanol–water partition coefficient (Wildman–Crippen LogP) is 3.82. The third-order valence-corrected chi connectivity index (χ3v) is 4.13. The molecule has 0 fully saturated rings. The Morgan fingerprint density at radius 1 is 0.935 bits per heavy atom. The Balaban J connectivity index is 2.37. The number of halogens is 9. The van der Waals surface area contributed by atoms with Crippen LogP contribution < -0.4 is 9.64 Å². The van der Waals surface area contributed by atoms with Crippen molar-refractivity contribution in [1.29, 1.82) is 0 Å². The van der Waals surface area contributed by atoms with Crippen LogP contribution in [-0.2, 0) is 14.3 Å². The lowest BCUT2D eigenvalue weighted by atomic mass is 9.99. The summed E-state index contributed by atoms with van der Waals surface area (Å²) in [5.74, 6) is -22.4. The molecule has 0 aromatic heterocycles. The number of hydrogen-bond donors (Lipinski definition) is 0. The van der Waals surface area contributed by atoms with E-state index in [9.17, 15) is 44.7 Å². The van der Waals surface area contributed by atoms with E-state index >= 15 is 4.39 Å². The Hall–Kier alpha value is -3.45. The number of rotatable bonds is 3. The fourth-order valence-corrected chi connectivity index (χ4v) is 2.75. The van der Waals surface area contributed by atoms with E-state index in [4.69, 9.17) is 0 Å². The van der Waals surface area contributed by atoms with Crippen molar-refractivity contribution in [2.45, 2.75) is 6.11 Å². The van der Waals surface area contributed by atoms with Crippen molar-refractivity contribution in [3.8, 4) is 16.9 Å². The number of ether oxygens (including phenoxy) is 2. The molecule has 0 spiro atoms. The average molecular weight is 459 g/mol. The molecule has 31 heavy (non-hydrogen) atoms. The summed E-state index contributed by atoms with van der Waals surface area (Å²) in [5.41, 5.74) is -5.37. The highest BCUT2D eigenvalue weighted by atomic mass is 19.3. The molecule has 0 saturated heterocycles. The van der Waals surface area contributed by atoms with Crippen LogP contribution in [-0.4, -0.2) is 31.6 Å². The van der Waals surface area contributed by atoms with Gasteiger partial charge in [-0.05, 0) is 0 Å². The molecule has 3 rings (SSSR count). The number of alkyl halides is 2. The Labute approximate surface area is 165 Å². The SMILES string of the molecule is COC(=O)CN1C(=O)C(F)(F)Oc2cc(F)c(-c3c(F)c(F)c(F)c(F)c3F)c(F)c21. The summed E-state index contributed by atoms with van der Waals surface area (Å²) in [7, 11) is 0.771. The van der Waals surface area contributed by atoms with Gasteiger partial charge in [0.2, 0.25) is 5.82 Å². The van der Waals surface area contributed by atoms with Crippen molar-refractivity contribution in [1.82, 2.24) is 0 Å². The van der Waals surface area contributed by atoms with Crippen LogP contribution in [0.1, 0.15) is 0 Å². The van der Waals surface area contributed by atoms with Gasteiger partial charge in [0.1, 0.15) is 18.0 Å². The van der Waals surface area contributed by atoms with Crippen LogP contribution in [0.5, 0.6) is 5.75 Å². The molecule has 0 atom stereocenters. The highest BCUT2D eigenvalue weighted by molar-refractivity contribution is 6.04. The zero-order valence-electron chi connectivity index (χ0n) is 14.8. The summed E-state index contributed by atoms with van der Waals surface area (Å²) < 4.78 is 134. The van der Waals surface area contributed by atoms with Crippen molar-refractivity contribution >= 4 is 17.6 Å². The summed E-state index contributed by atoms with van der Waals surface area (Å²) in [6.07, 6.45) is -4.72. The van der Waals surface area contributed by atoms with Gasteiger partial charge in [-0.15, -0.1) is 0 Å². The van der Waals surface area contributed by atoms with Gasteiger partial charge >= 0.3 is 18.0 Å². The molecule has 0 aliphatic carbocycles. The van der Waals surface area contributed by atoms with Crippen molar-refractivity contribution in [3.05, 3.63) is 46.8 Å². The van der Waals surface area contributed by atoms with Crippen LogP contribution in [0.2, 0.25) is 0 Å². The Bertz CT molecular complexity index is 1110. The fourth-order valence-electron chi connectivity index (χ4n) is 2.75. The average Bonchev–Trinajstić information content (AvgIpc) is 2.70. The molecule has 0 bridgehead atoms. The molecule has 0 unspecified atom stereocenters. The molecule has 5 nitrogen and oxygen atoms in total. The number of fused-ring (bicyclic) bond motifs is 1. The zero-order chi connectivity index (χ0) is 23.4. The second-order valence-corrected chi connectivity index (χ2v) is 5.93. The smallest absolute Gasteiger partial charge is 0.468 e. The standard InChI is InChI=1S/C17H6F9NO4/c1-30-6(28)3-27-15-5(31-17(25,26)16(27)29)2-4(18)7(11(15)21)8-9(19)12(22)14(24)13(23)10(8)20/h2H,3H2,1H3. The van der Waals surface area contributed by atoms with Crippen molar-refractivity contribution in [2.24, 2.45) is 0 Å². The minimum Gasteiger partial charge on any atom is -0.468 e. The van der Waals surface area contributed by atoms with Crippen LogP contribution in [0, 0.1) is 40.7 Å². The largest absolute Gasteiger partial charge is 0.483 e. The van der Waals surface area contributed by atoms with Crippen LogP contribution in [0.25, 0.3) is 11.1 Å². The summed E-state index contributed by atoms with van der Waals surface area (Å²) >= 11 is 0. The molecule has 0 radical (unpaired) electrons. The molecule has 2 aromatic rings. The molecular weight excluding hydrogens is 453 g/mol. The molecule has 0 saturated carbocycles. The summed E-state index contributed by atoms with van der Waals surface area (Å²) in [5, 5.41) is 0. The number of esters is 1. The van der Waals surface area contributed by atoms with Crippen LogP contribution in [0.4, 0.5) is 45.2 Å². The normalized spacial score (nSPS) is 14.9. The minimum absolute atomic E-state index is 0.0730. The monoisotopic (exact) mass is 459 g/mol. The maximum Gasteiger partial charge on any atom is 0.483 e. The lowest BCUT2D eigenvalue weighted by molar-refractivity contribution is -0.193. The molecular formula is C17H6F9NO4. The summed E-state index contributed by atoms with van der Waals surface area (Å²) in [4.78, 5) is 23.1. The van der Waals surface area contributed by atoms with Gasteiger partial charge in [-0.3, -0.25) is 14.5 Å². The number of carbonyl (C=O) groups is 2. The quantitative estimate of drug-likeness (QED) is 0.303. The van der Waals surface area contributed by atoms with Crippen LogP contribution >= 0.6 is 0 Å². The number of hydrogen-bond acceptors (Lipinski definition) is 4. The summed E-state index contributed by atoms with van der Waals surface area (Å²) in [6, 6.07) is -0.0730. The maximum atomic E-state index is 15.1. The lowest BCUT2D eigenvalue weighted by Gasteiger charge is -2.33. The van der Waals surface area contributed by atoms with E-state index in [1.807, 2.05) is 0 Å². The van der Waals surface area contributed by atoms with Crippen molar-refractivity contribution < 1.29 is 58.6 Å². The van der Waals surface area contributed by atoms with E-state index in [0.29, 0.717) is 0 Å². The highest BCUT2D eigenvalue weighted by Crippen LogP contribution is 2.46. The predicted molar refractivity (Wildman–Crippen MR) is 81.5 cm³/mol. The van der Waals surface area contributed by atoms with E-state index in [-0.39, 0.29) is 11.0 Å². The van der Waals surface area contributed by atoms with Gasteiger partial charge in [0, 0.05) is 6.07 Å². The maximum absolute atomic E-state index is 15.1. The second kappa shape index (κ2) is 7.35. The van der Waals surface area contributed by atoms with Gasteiger partial charge in [0.25, 0.3) is 0 Å². The number of amides is 1. The molecule has 166 valence electrons. The van der Waals surface area contributed by atoms with Gasteiger partial charge in [0.05, 0.1) is 18.2 Å². The lowest BCUT2D eigenvalue weighted by Crippen LogP contribution is -2.52. The van der Waals surface area contributed by atoms with Gasteiger partial charge in [-0.2, -0.15) is 8.78 Å². The first-order valence-electron chi connectivity index (χ1n) is 7.82. The molecule has 1 aliphatic rings. The van der Waals surface area contributed by atoms with E-state index in [1.54, 1.807) is 0 Å². The first kappa shape index (κ1) is 22.2. The first-order chi connectivity index (χ1) is 14.3. The number of carbonyl (C=O) groups excluding carboxylic acids is 2. The van der Waals surface area contributed by atoms with E-state index in [2.05, 4.69) is 9.47 Å². The molecule has 0 N–H and O–H groups in total. The van der Waals surface area contributed by atoms with Crippen LogP contribution in [0.3, 0.4) is 0 Å². The third kappa shape index (κ3) is 3.31. The van der Waals surface area contributed by atoms with Crippen LogP contribution in [0.15, 0.2) is 6.07 Å². The van der Waals surface area contributed by atoms with Crippen molar-refractivity contribution in [3.63, 3.8) is 0 Å². The Morgan fingerprint density at radius 2 is 1.45 bits per heavy atom. The summed E-state index contributed by atoms with van der Waals surface area (Å²) in [6.45, 7) is -1.39. The Kier molecular flexibility index (Phi) is 5.28. The number of anilines is 1. The zero-order valence-corrected chi connectivity index (χ0v) is 14.8.